The highest BCUT2D eigenvalue weighted by Gasteiger charge is 2.38. The zero-order chi connectivity index (χ0) is 23.6. The molecule has 0 aliphatic carbocycles. The zero-order valence-electron chi connectivity index (χ0n) is 19.4. The highest BCUT2D eigenvalue weighted by atomic mass is 32.1. The Morgan fingerprint density at radius 3 is 2.45 bits per heavy atom. The third kappa shape index (κ3) is 5.76. The van der Waals surface area contributed by atoms with Crippen molar-refractivity contribution in [3.8, 4) is 0 Å². The lowest BCUT2D eigenvalue weighted by Gasteiger charge is -2.32. The normalized spacial score (nSPS) is 19.7. The van der Waals surface area contributed by atoms with Crippen molar-refractivity contribution in [3.05, 3.63) is 35.3 Å². The fourth-order valence-corrected chi connectivity index (χ4v) is 5.43. The molecular weight excluding hydrogens is 438 g/mol. The largest absolute Gasteiger partial charge is 0.342 e. The van der Waals surface area contributed by atoms with Gasteiger partial charge in [0.2, 0.25) is 22.9 Å². The second-order valence-corrected chi connectivity index (χ2v) is 11.1. The van der Waals surface area contributed by atoms with Gasteiger partial charge in [0.05, 0.1) is 5.92 Å². The SMILES string of the molecule is CC(C)(C)Cc1nnc(NC(=O)C2CCN(C(=O)C3CC(=O)N(c4ccccc4)C3)CC2)s1. The molecule has 33 heavy (non-hydrogen) atoms. The summed E-state index contributed by atoms with van der Waals surface area (Å²) in [5, 5.41) is 12.6. The van der Waals surface area contributed by atoms with E-state index in [9.17, 15) is 14.4 Å². The molecule has 1 aromatic carbocycles. The predicted molar refractivity (Wildman–Crippen MR) is 128 cm³/mol. The molecule has 176 valence electrons. The van der Waals surface area contributed by atoms with Crippen LogP contribution in [0.1, 0.15) is 45.0 Å². The predicted octanol–water partition coefficient (Wildman–Crippen LogP) is 3.36. The minimum atomic E-state index is -0.328. The van der Waals surface area contributed by atoms with Crippen LogP contribution in [-0.2, 0) is 20.8 Å². The average molecular weight is 470 g/mol. The van der Waals surface area contributed by atoms with E-state index in [1.165, 1.54) is 11.3 Å². The number of carbonyl (C=O) groups is 3. The monoisotopic (exact) mass is 469 g/mol. The maximum absolute atomic E-state index is 13.0. The van der Waals surface area contributed by atoms with Crippen LogP contribution in [0, 0.1) is 17.3 Å². The molecule has 1 atom stereocenters. The van der Waals surface area contributed by atoms with Crippen LogP contribution in [0.25, 0.3) is 0 Å². The maximum Gasteiger partial charge on any atom is 0.229 e. The van der Waals surface area contributed by atoms with Gasteiger partial charge in [-0.15, -0.1) is 10.2 Å². The van der Waals surface area contributed by atoms with E-state index in [1.54, 1.807) is 4.90 Å². The van der Waals surface area contributed by atoms with Gasteiger partial charge in [-0.25, -0.2) is 0 Å². The van der Waals surface area contributed by atoms with Crippen LogP contribution < -0.4 is 10.2 Å². The number of benzene rings is 1. The van der Waals surface area contributed by atoms with Gasteiger partial charge in [0, 0.05) is 44.1 Å². The molecule has 0 radical (unpaired) electrons. The van der Waals surface area contributed by atoms with Gasteiger partial charge in [0.1, 0.15) is 5.01 Å². The van der Waals surface area contributed by atoms with E-state index in [1.807, 2.05) is 35.2 Å². The van der Waals surface area contributed by atoms with Crippen molar-refractivity contribution in [2.75, 3.05) is 29.9 Å². The maximum atomic E-state index is 13.0. The fraction of sp³-hybridized carbons (Fsp3) is 0.542. The minimum absolute atomic E-state index is 0.0107. The molecule has 1 aromatic heterocycles. The summed E-state index contributed by atoms with van der Waals surface area (Å²) in [7, 11) is 0. The molecular formula is C24H31N5O3S. The molecule has 1 N–H and O–H groups in total. The summed E-state index contributed by atoms with van der Waals surface area (Å²) in [5.41, 5.74) is 0.943. The quantitative estimate of drug-likeness (QED) is 0.725. The minimum Gasteiger partial charge on any atom is -0.342 e. The number of nitrogens with one attached hydrogen (secondary N) is 1. The lowest BCUT2D eigenvalue weighted by atomic mass is 9.93. The summed E-state index contributed by atoms with van der Waals surface area (Å²) in [4.78, 5) is 41.7. The highest BCUT2D eigenvalue weighted by Crippen LogP contribution is 2.29. The molecule has 3 heterocycles. The second-order valence-electron chi connectivity index (χ2n) is 10.1. The Morgan fingerprint density at radius 1 is 1.09 bits per heavy atom. The summed E-state index contributed by atoms with van der Waals surface area (Å²) in [6.45, 7) is 7.89. The van der Waals surface area contributed by atoms with Gasteiger partial charge in [0.25, 0.3) is 0 Å². The van der Waals surface area contributed by atoms with Crippen molar-refractivity contribution < 1.29 is 14.4 Å². The Hall–Kier alpha value is -2.81. The van der Waals surface area contributed by atoms with Crippen LogP contribution in [0.4, 0.5) is 10.8 Å². The van der Waals surface area contributed by atoms with Crippen LogP contribution in [0.2, 0.25) is 0 Å². The van der Waals surface area contributed by atoms with Crippen LogP contribution in [0.3, 0.4) is 0 Å². The van der Waals surface area contributed by atoms with E-state index in [2.05, 4.69) is 36.3 Å². The van der Waals surface area contributed by atoms with Crippen molar-refractivity contribution in [2.24, 2.45) is 17.3 Å². The number of aromatic nitrogens is 2. The lowest BCUT2D eigenvalue weighted by molar-refractivity contribution is -0.138. The molecule has 2 aromatic rings. The summed E-state index contributed by atoms with van der Waals surface area (Å²) in [6, 6.07) is 9.46. The second kappa shape index (κ2) is 9.59. The van der Waals surface area contributed by atoms with E-state index < -0.39 is 0 Å². The van der Waals surface area contributed by atoms with Crippen LogP contribution in [0.15, 0.2) is 30.3 Å². The van der Waals surface area contributed by atoms with Crippen molar-refractivity contribution >= 4 is 39.9 Å². The first-order valence-corrected chi connectivity index (χ1v) is 12.3. The number of likely N-dealkylation sites (tertiary alicyclic amines) is 1. The van der Waals surface area contributed by atoms with E-state index in [4.69, 9.17) is 0 Å². The Bertz CT molecular complexity index is 1010. The van der Waals surface area contributed by atoms with E-state index in [0.717, 1.165) is 17.1 Å². The lowest BCUT2D eigenvalue weighted by Crippen LogP contribution is -2.44. The Kier molecular flexibility index (Phi) is 6.78. The standard InChI is InChI=1S/C24H31N5O3S/c1-24(2,3)14-19-26-27-23(33-19)25-21(31)16-9-11-28(12-10-16)22(32)17-13-20(30)29(15-17)18-7-5-4-6-8-18/h4-8,16-17H,9-15H2,1-3H3,(H,25,27,31). The number of hydrogen-bond donors (Lipinski definition) is 1. The highest BCUT2D eigenvalue weighted by molar-refractivity contribution is 7.15. The number of carbonyl (C=O) groups excluding carboxylic acids is 3. The molecule has 8 nitrogen and oxygen atoms in total. The number of hydrogen-bond acceptors (Lipinski definition) is 6. The van der Waals surface area contributed by atoms with E-state index in [-0.39, 0.29) is 41.4 Å². The number of para-hydroxylation sites is 1. The average Bonchev–Trinajstić information content (AvgIpc) is 3.38. The topological polar surface area (TPSA) is 95.5 Å². The fourth-order valence-electron chi connectivity index (χ4n) is 4.39. The summed E-state index contributed by atoms with van der Waals surface area (Å²) in [6.07, 6.45) is 2.26. The van der Waals surface area contributed by atoms with Gasteiger partial charge in [0.15, 0.2) is 0 Å². The number of nitrogens with zero attached hydrogens (tertiary/aromatic N) is 4. The summed E-state index contributed by atoms with van der Waals surface area (Å²) in [5.74, 6) is -0.555. The van der Waals surface area contributed by atoms with Gasteiger partial charge in [-0.3, -0.25) is 14.4 Å². The molecule has 3 amide bonds. The third-order valence-corrected chi connectivity index (χ3v) is 6.94. The summed E-state index contributed by atoms with van der Waals surface area (Å²) < 4.78 is 0. The van der Waals surface area contributed by atoms with Crippen molar-refractivity contribution in [1.82, 2.24) is 15.1 Å². The zero-order valence-corrected chi connectivity index (χ0v) is 20.2. The summed E-state index contributed by atoms with van der Waals surface area (Å²) >= 11 is 1.42. The van der Waals surface area contributed by atoms with Crippen LogP contribution >= 0.6 is 11.3 Å². The molecule has 1 unspecified atom stereocenters. The van der Waals surface area contributed by atoms with Crippen molar-refractivity contribution in [1.29, 1.82) is 0 Å². The molecule has 4 rings (SSSR count). The first-order valence-electron chi connectivity index (χ1n) is 11.5. The van der Waals surface area contributed by atoms with Crippen LogP contribution in [-0.4, -0.2) is 52.5 Å². The molecule has 2 fully saturated rings. The molecule has 0 spiro atoms. The molecule has 0 bridgehead atoms. The Labute approximate surface area is 198 Å². The smallest absolute Gasteiger partial charge is 0.229 e. The first-order chi connectivity index (χ1) is 15.7. The van der Waals surface area contributed by atoms with E-state index >= 15 is 0 Å². The van der Waals surface area contributed by atoms with E-state index in [0.29, 0.717) is 37.6 Å². The Balaban J connectivity index is 1.27. The molecule has 9 heteroatoms. The van der Waals surface area contributed by atoms with Crippen LogP contribution in [0.5, 0.6) is 0 Å². The van der Waals surface area contributed by atoms with Gasteiger partial charge < -0.3 is 15.1 Å². The first kappa shape index (κ1) is 23.4. The third-order valence-electron chi connectivity index (χ3n) is 6.10. The number of anilines is 2. The molecule has 2 aliphatic heterocycles. The van der Waals surface area contributed by atoms with Gasteiger partial charge in [-0.2, -0.15) is 0 Å². The Morgan fingerprint density at radius 2 is 1.79 bits per heavy atom. The van der Waals surface area contributed by atoms with Crippen molar-refractivity contribution in [2.45, 2.75) is 46.5 Å². The van der Waals surface area contributed by atoms with Gasteiger partial charge >= 0.3 is 0 Å². The van der Waals surface area contributed by atoms with Gasteiger partial charge in [-0.05, 0) is 30.4 Å². The number of rotatable bonds is 5. The molecule has 0 saturated carbocycles. The molecule has 2 saturated heterocycles. The van der Waals surface area contributed by atoms with Gasteiger partial charge in [-0.1, -0.05) is 50.3 Å². The van der Waals surface area contributed by atoms with Crippen molar-refractivity contribution in [3.63, 3.8) is 0 Å². The molecule has 2 aliphatic rings. The number of piperidine rings is 1. The number of amides is 3.